The third-order valence-corrected chi connectivity index (χ3v) is 9.37. The van der Waals surface area contributed by atoms with Crippen molar-refractivity contribution in [2.45, 2.75) is 47.1 Å². The number of aromatic nitrogens is 4. The zero-order valence-electron chi connectivity index (χ0n) is 27.6. The van der Waals surface area contributed by atoms with Gasteiger partial charge in [0.15, 0.2) is 0 Å². The molecule has 0 N–H and O–H groups in total. The van der Waals surface area contributed by atoms with Crippen molar-refractivity contribution in [3.8, 4) is 16.9 Å². The summed E-state index contributed by atoms with van der Waals surface area (Å²) in [7, 11) is 0. The molecule has 0 atom stereocenters. The van der Waals surface area contributed by atoms with Crippen molar-refractivity contribution in [3.63, 3.8) is 0 Å². The molecule has 5 heteroatoms. The molecule has 0 radical (unpaired) electrons. The number of hydrogen-bond acceptors (Lipinski definition) is 1. The number of imidazole rings is 1. The minimum atomic E-state index is 0. The first-order valence-electron chi connectivity index (χ1n) is 16.5. The first-order valence-corrected chi connectivity index (χ1v) is 16.5. The van der Waals surface area contributed by atoms with Crippen LogP contribution in [0, 0.1) is 39.2 Å². The molecule has 5 aromatic carbocycles. The first kappa shape index (κ1) is 31.8. The van der Waals surface area contributed by atoms with E-state index in [1.165, 1.54) is 72.2 Å². The molecule has 0 spiro atoms. The second-order valence-electron chi connectivity index (χ2n) is 12.5. The Hall–Kier alpha value is -4.83. The largest absolute Gasteiger partial charge is 3.00 e. The van der Waals surface area contributed by atoms with Gasteiger partial charge in [-0.1, -0.05) is 104 Å². The van der Waals surface area contributed by atoms with Gasteiger partial charge in [-0.15, -0.1) is 40.8 Å². The van der Waals surface area contributed by atoms with Crippen LogP contribution in [0.15, 0.2) is 109 Å². The molecule has 0 fully saturated rings. The molecule has 0 amide bonds. The van der Waals surface area contributed by atoms with Crippen LogP contribution in [0.5, 0.6) is 0 Å². The number of hydrogen-bond donors (Lipinski definition) is 0. The van der Waals surface area contributed by atoms with Gasteiger partial charge >= 0.3 is 20.1 Å². The van der Waals surface area contributed by atoms with Crippen molar-refractivity contribution >= 4 is 49.1 Å². The number of benzene rings is 5. The van der Waals surface area contributed by atoms with Gasteiger partial charge in [0, 0.05) is 28.0 Å². The summed E-state index contributed by atoms with van der Waals surface area (Å²) < 4.78 is 6.81. The number of aryl methyl sites for hydroxylation is 4. The van der Waals surface area contributed by atoms with Gasteiger partial charge in [0.05, 0.1) is 17.6 Å². The predicted molar refractivity (Wildman–Crippen MR) is 193 cm³/mol. The maximum atomic E-state index is 4.41. The van der Waals surface area contributed by atoms with Crippen molar-refractivity contribution in [2.24, 2.45) is 0 Å². The summed E-state index contributed by atoms with van der Waals surface area (Å²) in [5.41, 5.74) is 13.0. The van der Waals surface area contributed by atoms with E-state index in [1.807, 2.05) is 12.3 Å². The van der Waals surface area contributed by atoms with E-state index in [0.717, 1.165) is 29.9 Å². The second kappa shape index (κ2) is 13.0. The number of para-hydroxylation sites is 4. The van der Waals surface area contributed by atoms with E-state index in [1.54, 1.807) is 0 Å². The van der Waals surface area contributed by atoms with Gasteiger partial charge in [-0.3, -0.25) is 0 Å². The Morgan fingerprint density at radius 2 is 1.46 bits per heavy atom. The van der Waals surface area contributed by atoms with E-state index in [4.69, 9.17) is 0 Å². The van der Waals surface area contributed by atoms with E-state index in [9.17, 15) is 0 Å². The monoisotopic (exact) mass is 801 g/mol. The summed E-state index contributed by atoms with van der Waals surface area (Å²) in [6.45, 7) is 9.45. The van der Waals surface area contributed by atoms with Gasteiger partial charge in [0.1, 0.15) is 0 Å². The molecule has 4 heterocycles. The quantitative estimate of drug-likeness (QED) is 0.126. The normalized spacial score (nSPS) is 11.4. The molecule has 9 aromatic rings. The molecular weight excluding hydrogens is 765 g/mol. The second-order valence-corrected chi connectivity index (χ2v) is 12.5. The summed E-state index contributed by atoms with van der Waals surface area (Å²) in [5.74, 6) is 0. The standard InChI is InChI=1S/C29H22N3.C14H14N.Ir/c1-2-3-17-30-19-31(28-14-7-6-13-27(28)30)20-15-16-26-24(18-20)23-11-8-10-22-21-9-4-5-12-25(21)32(26)29(22)23;1-10-4-6-13(7-5-10)14-8-11(2)12(3)9-15-14;/h4-14,16,18H,2-3,17H2,1H3;4-6,8-9H,1-3H3;/q2*-1;+3. The van der Waals surface area contributed by atoms with Gasteiger partial charge in [0.25, 0.3) is 0 Å². The molecule has 0 aliphatic heterocycles. The third-order valence-electron chi connectivity index (χ3n) is 9.37. The van der Waals surface area contributed by atoms with Gasteiger partial charge in [-0.25, -0.2) is 0 Å². The molecule has 4 nitrogen and oxygen atoms in total. The summed E-state index contributed by atoms with van der Waals surface area (Å²) in [5, 5.41) is 5.17. The summed E-state index contributed by atoms with van der Waals surface area (Å²) in [4.78, 5) is 4.41. The van der Waals surface area contributed by atoms with Crippen LogP contribution in [-0.2, 0) is 26.7 Å². The first-order chi connectivity index (χ1) is 23.0. The Bertz CT molecular complexity index is 2540. The van der Waals surface area contributed by atoms with Crippen molar-refractivity contribution in [1.29, 1.82) is 0 Å². The average Bonchev–Trinajstić information content (AvgIpc) is 3.76. The molecule has 0 saturated heterocycles. The molecule has 0 saturated carbocycles. The Morgan fingerprint density at radius 1 is 0.708 bits per heavy atom. The van der Waals surface area contributed by atoms with E-state index >= 15 is 0 Å². The Labute approximate surface area is 295 Å². The fourth-order valence-corrected chi connectivity index (χ4v) is 6.70. The minimum absolute atomic E-state index is 0. The van der Waals surface area contributed by atoms with E-state index in [0.29, 0.717) is 0 Å². The third kappa shape index (κ3) is 5.38. The maximum absolute atomic E-state index is 4.41. The van der Waals surface area contributed by atoms with Gasteiger partial charge in [0.2, 0.25) is 6.33 Å². The molecular formula is C43H36IrN4+. The zero-order valence-corrected chi connectivity index (χ0v) is 30.0. The SMILES string of the molecule is CCCC[n+]1[c-]n(-c2[c-]cc3c(c2)c2cccc4c5ccccc5n3c24)c2ccccc21.Cc1c[c-]c(-c2cc(C)c(C)cn2)cc1.[Ir+3]. The topological polar surface area (TPSA) is 26.1 Å². The number of unbranched alkanes of at least 4 members (excludes halogenated alkanes) is 1. The van der Waals surface area contributed by atoms with Crippen LogP contribution in [0.25, 0.3) is 66.1 Å². The van der Waals surface area contributed by atoms with Crippen LogP contribution >= 0.6 is 0 Å². The molecule has 0 aliphatic rings. The summed E-state index contributed by atoms with van der Waals surface area (Å²) in [6.07, 6.45) is 7.83. The van der Waals surface area contributed by atoms with E-state index < -0.39 is 0 Å². The Balaban J connectivity index is 0.000000193. The fraction of sp³-hybridized carbons (Fsp3) is 0.163. The van der Waals surface area contributed by atoms with Crippen LogP contribution in [0.1, 0.15) is 36.5 Å². The molecule has 0 aliphatic carbocycles. The van der Waals surface area contributed by atoms with Crippen molar-refractivity contribution in [3.05, 3.63) is 144 Å². The number of nitrogens with zero attached hydrogens (tertiary/aromatic N) is 4. The Kier molecular flexibility index (Phi) is 8.59. The van der Waals surface area contributed by atoms with Crippen LogP contribution in [-0.4, -0.2) is 14.0 Å². The fourth-order valence-electron chi connectivity index (χ4n) is 6.70. The van der Waals surface area contributed by atoms with E-state index in [2.05, 4.69) is 162 Å². The molecule has 236 valence electrons. The molecule has 4 aromatic heterocycles. The predicted octanol–water partition coefficient (Wildman–Crippen LogP) is 9.94. The number of pyridine rings is 1. The van der Waals surface area contributed by atoms with Gasteiger partial charge in [-0.05, 0) is 43.0 Å². The van der Waals surface area contributed by atoms with Crippen LogP contribution in [0.4, 0.5) is 0 Å². The van der Waals surface area contributed by atoms with Gasteiger partial charge in [-0.2, -0.15) is 18.2 Å². The van der Waals surface area contributed by atoms with Gasteiger partial charge < -0.3 is 18.5 Å². The van der Waals surface area contributed by atoms with E-state index in [-0.39, 0.29) is 20.1 Å². The zero-order chi connectivity index (χ0) is 32.1. The summed E-state index contributed by atoms with van der Waals surface area (Å²) >= 11 is 0. The summed E-state index contributed by atoms with van der Waals surface area (Å²) in [6, 6.07) is 43.4. The van der Waals surface area contributed by atoms with Crippen LogP contribution in [0.3, 0.4) is 0 Å². The minimum Gasteiger partial charge on any atom is -0.363 e. The Morgan fingerprint density at radius 3 is 2.23 bits per heavy atom. The number of fused-ring (bicyclic) bond motifs is 7. The van der Waals surface area contributed by atoms with Crippen LogP contribution < -0.4 is 4.57 Å². The molecule has 0 bridgehead atoms. The van der Waals surface area contributed by atoms with Crippen LogP contribution in [0.2, 0.25) is 0 Å². The van der Waals surface area contributed by atoms with Crippen molar-refractivity contribution in [1.82, 2.24) is 14.0 Å². The smallest absolute Gasteiger partial charge is 0.363 e. The number of rotatable bonds is 5. The average molecular weight is 801 g/mol. The molecule has 48 heavy (non-hydrogen) atoms. The van der Waals surface area contributed by atoms with Crippen molar-refractivity contribution in [2.75, 3.05) is 0 Å². The van der Waals surface area contributed by atoms with Crippen molar-refractivity contribution < 1.29 is 24.7 Å². The molecule has 9 rings (SSSR count). The molecule has 0 unspecified atom stereocenters. The maximum Gasteiger partial charge on any atom is 3.00 e.